The molecular weight excluding hydrogens is 504 g/mol. The summed E-state index contributed by atoms with van der Waals surface area (Å²) in [5.41, 5.74) is 8.23. The molecule has 0 fully saturated rings. The molecule has 0 unspecified atom stereocenters. The summed E-state index contributed by atoms with van der Waals surface area (Å²) >= 11 is 0. The van der Waals surface area contributed by atoms with Crippen LogP contribution in [-0.4, -0.2) is 50.7 Å². The molecule has 0 aliphatic heterocycles. The molecule has 2 aromatic carbocycles. The predicted molar refractivity (Wildman–Crippen MR) is 138 cm³/mol. The summed E-state index contributed by atoms with van der Waals surface area (Å²) in [6, 6.07) is 14.5. The second-order valence-corrected chi connectivity index (χ2v) is 7.91. The predicted octanol–water partition coefficient (Wildman–Crippen LogP) is 4.25. The smallest absolute Gasteiger partial charge is 0.335 e. The number of benzene rings is 2. The normalized spacial score (nSPS) is 11.0. The Balaban J connectivity index is 1.49. The Bertz CT molecular complexity index is 1750. The molecule has 15 nitrogen and oxygen atoms in total. The van der Waals surface area contributed by atoms with Crippen LogP contribution in [0.1, 0.15) is 16.1 Å². The zero-order chi connectivity index (χ0) is 27.5. The van der Waals surface area contributed by atoms with E-state index in [9.17, 15) is 9.90 Å². The fourth-order valence-electron chi connectivity index (χ4n) is 3.51. The summed E-state index contributed by atoms with van der Waals surface area (Å²) in [4.78, 5) is 26.7. The van der Waals surface area contributed by atoms with Crippen molar-refractivity contribution in [1.82, 2.24) is 34.5 Å². The number of azo groups is 1. The highest BCUT2D eigenvalue weighted by Gasteiger charge is 2.19. The minimum Gasteiger partial charge on any atom is -0.479 e. The number of para-hydroxylation sites is 1. The zero-order valence-corrected chi connectivity index (χ0v) is 20.1. The number of nitrogens with one attached hydrogen (secondary N) is 1. The van der Waals surface area contributed by atoms with Crippen LogP contribution in [0.4, 0.5) is 34.6 Å². The van der Waals surface area contributed by atoms with Crippen molar-refractivity contribution in [3.8, 4) is 17.6 Å². The number of aromatic hydroxyl groups is 1. The van der Waals surface area contributed by atoms with Gasteiger partial charge in [0.1, 0.15) is 0 Å². The first-order valence-electron chi connectivity index (χ1n) is 11.2. The van der Waals surface area contributed by atoms with Gasteiger partial charge in [-0.3, -0.25) is 0 Å². The van der Waals surface area contributed by atoms with Crippen molar-refractivity contribution in [3.63, 3.8) is 0 Å². The van der Waals surface area contributed by atoms with E-state index in [4.69, 9.17) is 17.4 Å². The number of aromatic nitrogens is 7. The van der Waals surface area contributed by atoms with Crippen LogP contribution in [0.15, 0.2) is 71.0 Å². The first-order valence-corrected chi connectivity index (χ1v) is 11.2. The molecular formula is C24H18N12O3. The second kappa shape index (κ2) is 10.1. The van der Waals surface area contributed by atoms with Crippen molar-refractivity contribution < 1.29 is 15.0 Å². The third-order valence-electron chi connectivity index (χ3n) is 5.34. The number of aryl methyl sites for hydroxylation is 1. The van der Waals surface area contributed by atoms with Gasteiger partial charge in [-0.05, 0) is 43.3 Å². The van der Waals surface area contributed by atoms with Gasteiger partial charge in [0, 0.05) is 5.69 Å². The van der Waals surface area contributed by atoms with Crippen LogP contribution in [0.25, 0.3) is 16.5 Å². The monoisotopic (exact) mass is 522 g/mol. The molecule has 39 heavy (non-hydrogen) atoms. The summed E-state index contributed by atoms with van der Waals surface area (Å²) in [7, 11) is 0. The van der Waals surface area contributed by atoms with E-state index >= 15 is 0 Å². The Labute approximate surface area is 219 Å². The maximum absolute atomic E-state index is 11.2. The van der Waals surface area contributed by atoms with Gasteiger partial charge in [0.25, 0.3) is 11.6 Å². The highest BCUT2D eigenvalue weighted by atomic mass is 16.4. The van der Waals surface area contributed by atoms with Gasteiger partial charge in [-0.25, -0.2) is 14.3 Å². The van der Waals surface area contributed by atoms with Gasteiger partial charge >= 0.3 is 12.0 Å². The lowest BCUT2D eigenvalue weighted by Gasteiger charge is -2.07. The van der Waals surface area contributed by atoms with Crippen molar-refractivity contribution in [2.75, 3.05) is 11.1 Å². The van der Waals surface area contributed by atoms with Crippen molar-refractivity contribution >= 4 is 40.6 Å². The molecule has 0 amide bonds. The molecule has 5 N–H and O–H groups in total. The van der Waals surface area contributed by atoms with Crippen LogP contribution in [0.5, 0.6) is 6.01 Å². The number of anilines is 3. The summed E-state index contributed by atoms with van der Waals surface area (Å²) in [6.45, 7) is 9.10. The third kappa shape index (κ3) is 4.93. The van der Waals surface area contributed by atoms with Crippen LogP contribution < -0.4 is 11.1 Å². The number of carboxylic acid groups (broad SMARTS) is 1. The number of nitrogens with two attached hydrogens (primary N) is 1. The van der Waals surface area contributed by atoms with E-state index in [1.807, 2.05) is 18.2 Å². The molecule has 0 saturated heterocycles. The van der Waals surface area contributed by atoms with Crippen LogP contribution in [0.2, 0.25) is 0 Å². The largest absolute Gasteiger partial charge is 0.479 e. The maximum Gasteiger partial charge on any atom is 0.335 e. The average Bonchev–Trinajstić information content (AvgIpc) is 3.47. The molecule has 0 radical (unpaired) electrons. The van der Waals surface area contributed by atoms with Crippen molar-refractivity contribution in [3.05, 3.63) is 83.5 Å². The van der Waals surface area contributed by atoms with E-state index in [1.165, 1.54) is 39.8 Å². The van der Waals surface area contributed by atoms with Gasteiger partial charge in [-0.1, -0.05) is 18.2 Å². The molecule has 0 aliphatic carbocycles. The molecule has 0 atom stereocenters. The molecule has 0 aliphatic rings. The number of nitrogens with zero attached hydrogens (tertiary/aromatic N) is 10. The van der Waals surface area contributed by atoms with Crippen molar-refractivity contribution in [2.45, 2.75) is 6.92 Å². The van der Waals surface area contributed by atoms with Gasteiger partial charge in [-0.15, -0.1) is 10.2 Å². The highest BCUT2D eigenvalue weighted by molar-refractivity contribution is 5.87. The molecule has 3 heterocycles. The molecule has 5 aromatic rings. The van der Waals surface area contributed by atoms with E-state index in [1.54, 1.807) is 19.1 Å². The Hall–Kier alpha value is -6.17. The minimum absolute atomic E-state index is 0.0220. The molecule has 15 heteroatoms. The minimum atomic E-state index is -1.07. The number of nitrogen functional groups attached to an aromatic ring is 1. The SMILES string of the molecule is [C-]#[N+]c1cnn(-c2ccc(C(=O)O)cc2)c1/N=N/c1c(C)nn(-c2nc(O)nc(Nc3ccccc3)n2)c1N. The second-order valence-electron chi connectivity index (χ2n) is 7.91. The first-order chi connectivity index (χ1) is 18.8. The number of hydrogen-bond donors (Lipinski definition) is 4. The lowest BCUT2D eigenvalue weighted by atomic mass is 10.2. The number of carboxylic acids is 1. The molecule has 0 saturated carbocycles. The summed E-state index contributed by atoms with van der Waals surface area (Å²) in [6.07, 6.45) is 1.32. The molecule has 0 bridgehead atoms. The standard InChI is InChI=1S/C24H18N12O3/c1-13-18(32-33-20-17(26-2)12-27-35(20)16-10-8-14(9-11-16)21(37)38)19(25)36(34-13)23-29-22(30-24(39)31-23)28-15-6-4-3-5-7-15/h3-12H,25H2,1H3,(H,37,38)(H2,28,29,30,31,39)/b33-32+. The Morgan fingerprint density at radius 3 is 2.49 bits per heavy atom. The molecule has 3 aromatic heterocycles. The fourth-order valence-corrected chi connectivity index (χ4v) is 3.51. The van der Waals surface area contributed by atoms with Gasteiger partial charge in [0.2, 0.25) is 5.95 Å². The number of rotatable bonds is 7. The van der Waals surface area contributed by atoms with Gasteiger partial charge in [-0.2, -0.15) is 29.8 Å². The van der Waals surface area contributed by atoms with Gasteiger partial charge in [0.05, 0.1) is 29.7 Å². The number of hydrogen-bond acceptors (Lipinski definition) is 11. The van der Waals surface area contributed by atoms with Crippen molar-refractivity contribution in [1.29, 1.82) is 0 Å². The van der Waals surface area contributed by atoms with Crippen LogP contribution in [0, 0.1) is 13.5 Å². The lowest BCUT2D eigenvalue weighted by Crippen LogP contribution is -2.09. The van der Waals surface area contributed by atoms with Crippen molar-refractivity contribution in [2.24, 2.45) is 10.2 Å². The van der Waals surface area contributed by atoms with E-state index < -0.39 is 12.0 Å². The van der Waals surface area contributed by atoms with Gasteiger partial charge < -0.3 is 21.3 Å². The zero-order valence-electron chi connectivity index (χ0n) is 20.1. The number of aromatic carboxylic acids is 1. The summed E-state index contributed by atoms with van der Waals surface area (Å²) < 4.78 is 2.53. The first kappa shape index (κ1) is 24.5. The third-order valence-corrected chi connectivity index (χ3v) is 5.34. The fraction of sp³-hybridized carbons (Fsp3) is 0.0417. The van der Waals surface area contributed by atoms with Crippen LogP contribution in [0.3, 0.4) is 0 Å². The van der Waals surface area contributed by atoms with E-state index in [0.29, 0.717) is 17.1 Å². The topological polar surface area (TPSA) is 199 Å². The number of carbonyl (C=O) groups is 1. The Morgan fingerprint density at radius 2 is 1.79 bits per heavy atom. The van der Waals surface area contributed by atoms with E-state index in [0.717, 1.165) is 0 Å². The lowest BCUT2D eigenvalue weighted by molar-refractivity contribution is 0.0697. The van der Waals surface area contributed by atoms with Gasteiger partial charge in [0.15, 0.2) is 17.3 Å². The summed E-state index contributed by atoms with van der Waals surface area (Å²) in [5.74, 6) is -0.936. The van der Waals surface area contributed by atoms with Crippen LogP contribution >= 0.6 is 0 Å². The van der Waals surface area contributed by atoms with E-state index in [-0.39, 0.29) is 40.5 Å². The van der Waals surface area contributed by atoms with Crippen LogP contribution in [-0.2, 0) is 0 Å². The Morgan fingerprint density at radius 1 is 1.05 bits per heavy atom. The summed E-state index contributed by atoms with van der Waals surface area (Å²) in [5, 5.41) is 39.1. The quantitative estimate of drug-likeness (QED) is 0.177. The van der Waals surface area contributed by atoms with E-state index in [2.05, 4.69) is 45.5 Å². The molecule has 192 valence electrons. The maximum atomic E-state index is 11.2. The Kier molecular flexibility index (Phi) is 6.33. The average molecular weight is 522 g/mol. The molecule has 5 rings (SSSR count). The highest BCUT2D eigenvalue weighted by Crippen LogP contribution is 2.35. The molecule has 0 spiro atoms.